The summed E-state index contributed by atoms with van der Waals surface area (Å²) in [7, 11) is 0. The van der Waals surface area contributed by atoms with Crippen molar-refractivity contribution in [1.82, 2.24) is 9.97 Å². The number of hydrogen-bond acceptors (Lipinski definition) is 5. The number of fused-ring (bicyclic) bond motifs is 3. The van der Waals surface area contributed by atoms with Crippen molar-refractivity contribution < 1.29 is 9.90 Å². The zero-order valence-corrected chi connectivity index (χ0v) is 12.2. The number of carboxylic acid groups (broad SMARTS) is 1. The molecule has 0 spiro atoms. The third-order valence-corrected chi connectivity index (χ3v) is 4.80. The molecule has 2 aromatic heterocycles. The number of aromatic nitrogens is 2. The van der Waals surface area contributed by atoms with Gasteiger partial charge in [-0.3, -0.25) is 4.79 Å². The molecular formula is C14H17N3O2S. The molecule has 0 atom stereocenters. The Morgan fingerprint density at radius 1 is 1.45 bits per heavy atom. The third-order valence-electron chi connectivity index (χ3n) is 3.60. The average Bonchev–Trinajstić information content (AvgIpc) is 2.97. The summed E-state index contributed by atoms with van der Waals surface area (Å²) in [5.74, 6) is -0.0317. The molecule has 0 amide bonds. The Labute approximate surface area is 121 Å². The first-order chi connectivity index (χ1) is 9.70. The summed E-state index contributed by atoms with van der Waals surface area (Å²) in [6, 6.07) is 0. The van der Waals surface area contributed by atoms with E-state index in [9.17, 15) is 4.79 Å². The summed E-state index contributed by atoms with van der Waals surface area (Å²) in [5, 5.41) is 10.2. The fourth-order valence-electron chi connectivity index (χ4n) is 2.84. The fourth-order valence-corrected chi connectivity index (χ4v) is 4.07. The molecule has 6 heteroatoms. The first kappa shape index (κ1) is 13.3. The second-order valence-corrected chi connectivity index (χ2v) is 6.13. The number of carboxylic acids is 1. The molecule has 0 fully saturated rings. The van der Waals surface area contributed by atoms with Crippen molar-refractivity contribution in [3.63, 3.8) is 0 Å². The molecular weight excluding hydrogens is 274 g/mol. The van der Waals surface area contributed by atoms with Gasteiger partial charge in [-0.2, -0.15) is 0 Å². The minimum atomic E-state index is -0.822. The number of rotatable bonds is 5. The Bertz CT molecular complexity index is 653. The quantitative estimate of drug-likeness (QED) is 0.916. The maximum atomic E-state index is 11.1. The molecule has 1 aliphatic carbocycles. The highest BCUT2D eigenvalue weighted by atomic mass is 32.1. The minimum Gasteiger partial charge on any atom is -0.480 e. The largest absolute Gasteiger partial charge is 0.480 e. The predicted molar refractivity (Wildman–Crippen MR) is 79.6 cm³/mol. The molecule has 0 saturated carbocycles. The SMILES string of the molecule is CCCN(CC(=O)O)c1ncnc2sc3c(c12)CCC3. The first-order valence-electron chi connectivity index (χ1n) is 6.92. The van der Waals surface area contributed by atoms with Gasteiger partial charge in [-0.05, 0) is 31.2 Å². The molecule has 3 rings (SSSR count). The monoisotopic (exact) mass is 291 g/mol. The lowest BCUT2D eigenvalue weighted by atomic mass is 10.2. The van der Waals surface area contributed by atoms with E-state index in [4.69, 9.17) is 5.11 Å². The second-order valence-electron chi connectivity index (χ2n) is 5.05. The molecule has 0 aliphatic heterocycles. The van der Waals surface area contributed by atoms with Crippen LogP contribution in [-0.4, -0.2) is 34.1 Å². The molecule has 2 heterocycles. The van der Waals surface area contributed by atoms with Gasteiger partial charge in [0.05, 0.1) is 5.39 Å². The summed E-state index contributed by atoms with van der Waals surface area (Å²) in [5.41, 5.74) is 1.34. The van der Waals surface area contributed by atoms with E-state index in [1.54, 1.807) is 17.7 Å². The van der Waals surface area contributed by atoms with Gasteiger partial charge in [0.15, 0.2) is 0 Å². The molecule has 0 unspecified atom stereocenters. The second kappa shape index (κ2) is 5.36. The van der Waals surface area contributed by atoms with E-state index in [0.29, 0.717) is 6.54 Å². The van der Waals surface area contributed by atoms with Crippen molar-refractivity contribution in [3.8, 4) is 0 Å². The van der Waals surface area contributed by atoms with Crippen molar-refractivity contribution in [2.24, 2.45) is 0 Å². The number of nitrogens with zero attached hydrogens (tertiary/aromatic N) is 3. The van der Waals surface area contributed by atoms with Crippen LogP contribution in [0.4, 0.5) is 5.82 Å². The molecule has 1 N–H and O–H groups in total. The summed E-state index contributed by atoms with van der Waals surface area (Å²) in [6.07, 6.45) is 5.79. The molecule has 20 heavy (non-hydrogen) atoms. The van der Waals surface area contributed by atoms with E-state index in [2.05, 4.69) is 9.97 Å². The van der Waals surface area contributed by atoms with Gasteiger partial charge in [-0.25, -0.2) is 9.97 Å². The van der Waals surface area contributed by atoms with E-state index < -0.39 is 5.97 Å². The fraction of sp³-hybridized carbons (Fsp3) is 0.500. The maximum absolute atomic E-state index is 11.1. The Morgan fingerprint density at radius 3 is 3.05 bits per heavy atom. The van der Waals surface area contributed by atoms with Crippen LogP contribution in [0.25, 0.3) is 10.2 Å². The minimum absolute atomic E-state index is 0.00935. The average molecular weight is 291 g/mol. The van der Waals surface area contributed by atoms with Gasteiger partial charge in [-0.15, -0.1) is 11.3 Å². The van der Waals surface area contributed by atoms with Crippen molar-refractivity contribution >= 4 is 33.3 Å². The van der Waals surface area contributed by atoms with E-state index in [1.807, 2.05) is 11.8 Å². The molecule has 0 aromatic carbocycles. The molecule has 2 aromatic rings. The Balaban J connectivity index is 2.11. The standard InChI is InChI=1S/C14H17N3O2S/c1-2-6-17(7-11(18)19)13-12-9-4-3-5-10(9)20-14(12)16-8-15-13/h8H,2-7H2,1H3,(H,18,19). The van der Waals surface area contributed by atoms with Gasteiger partial charge in [0.2, 0.25) is 0 Å². The van der Waals surface area contributed by atoms with Crippen LogP contribution in [0.5, 0.6) is 0 Å². The molecule has 0 radical (unpaired) electrons. The summed E-state index contributed by atoms with van der Waals surface area (Å²) >= 11 is 1.73. The number of anilines is 1. The van der Waals surface area contributed by atoms with Crippen LogP contribution in [0.15, 0.2) is 6.33 Å². The van der Waals surface area contributed by atoms with Gasteiger partial charge in [0.1, 0.15) is 23.5 Å². The normalized spacial score (nSPS) is 13.7. The summed E-state index contributed by atoms with van der Waals surface area (Å²) in [4.78, 5) is 24.1. The highest BCUT2D eigenvalue weighted by Gasteiger charge is 2.24. The molecule has 106 valence electrons. The van der Waals surface area contributed by atoms with Crippen LogP contribution in [0.1, 0.15) is 30.2 Å². The van der Waals surface area contributed by atoms with Gasteiger partial charge in [-0.1, -0.05) is 6.92 Å². The Morgan fingerprint density at radius 2 is 2.30 bits per heavy atom. The lowest BCUT2D eigenvalue weighted by Crippen LogP contribution is -2.31. The van der Waals surface area contributed by atoms with Gasteiger partial charge in [0.25, 0.3) is 0 Å². The molecule has 0 bridgehead atoms. The van der Waals surface area contributed by atoms with E-state index in [1.165, 1.54) is 16.9 Å². The molecule has 0 saturated heterocycles. The number of aliphatic carboxylic acids is 1. The number of carbonyl (C=O) groups is 1. The Hall–Kier alpha value is -1.69. The van der Waals surface area contributed by atoms with Gasteiger partial charge < -0.3 is 10.0 Å². The summed E-state index contributed by atoms with van der Waals surface area (Å²) in [6.45, 7) is 2.74. The lowest BCUT2D eigenvalue weighted by molar-refractivity contribution is -0.135. The van der Waals surface area contributed by atoms with Crippen LogP contribution in [0.3, 0.4) is 0 Å². The van der Waals surface area contributed by atoms with Crippen molar-refractivity contribution in [2.75, 3.05) is 18.0 Å². The third kappa shape index (κ3) is 2.24. The number of aryl methyl sites for hydroxylation is 2. The van der Waals surface area contributed by atoms with E-state index in [-0.39, 0.29) is 6.54 Å². The lowest BCUT2D eigenvalue weighted by Gasteiger charge is -2.21. The van der Waals surface area contributed by atoms with Crippen molar-refractivity contribution in [1.29, 1.82) is 0 Å². The van der Waals surface area contributed by atoms with E-state index in [0.717, 1.165) is 35.3 Å². The Kier molecular flexibility index (Phi) is 3.56. The van der Waals surface area contributed by atoms with E-state index >= 15 is 0 Å². The maximum Gasteiger partial charge on any atom is 0.323 e. The highest BCUT2D eigenvalue weighted by molar-refractivity contribution is 7.19. The number of thiophene rings is 1. The highest BCUT2D eigenvalue weighted by Crippen LogP contribution is 2.40. The smallest absolute Gasteiger partial charge is 0.323 e. The predicted octanol–water partition coefficient (Wildman–Crippen LogP) is 2.48. The van der Waals surface area contributed by atoms with Crippen LogP contribution in [0, 0.1) is 0 Å². The summed E-state index contributed by atoms with van der Waals surface area (Å²) < 4.78 is 0. The van der Waals surface area contributed by atoms with Gasteiger partial charge >= 0.3 is 5.97 Å². The first-order valence-corrected chi connectivity index (χ1v) is 7.74. The van der Waals surface area contributed by atoms with Crippen LogP contribution < -0.4 is 4.90 Å². The van der Waals surface area contributed by atoms with Crippen molar-refractivity contribution in [3.05, 3.63) is 16.8 Å². The molecule has 5 nitrogen and oxygen atoms in total. The topological polar surface area (TPSA) is 66.3 Å². The van der Waals surface area contributed by atoms with Crippen LogP contribution in [-0.2, 0) is 17.6 Å². The van der Waals surface area contributed by atoms with Crippen LogP contribution in [0.2, 0.25) is 0 Å². The number of hydrogen-bond donors (Lipinski definition) is 1. The zero-order chi connectivity index (χ0) is 14.1. The van der Waals surface area contributed by atoms with Crippen LogP contribution >= 0.6 is 11.3 Å². The van der Waals surface area contributed by atoms with Gasteiger partial charge in [0, 0.05) is 11.4 Å². The zero-order valence-electron chi connectivity index (χ0n) is 11.4. The van der Waals surface area contributed by atoms with Crippen molar-refractivity contribution in [2.45, 2.75) is 32.6 Å². The molecule has 1 aliphatic rings.